The minimum Gasteiger partial charge on any atom is -0.311 e. The second kappa shape index (κ2) is 3.35. The maximum absolute atomic E-state index is 11.9. The summed E-state index contributed by atoms with van der Waals surface area (Å²) in [6.07, 6.45) is 0. The van der Waals surface area contributed by atoms with Gasteiger partial charge in [-0.05, 0) is 19.1 Å². The summed E-state index contributed by atoms with van der Waals surface area (Å²) in [5, 5.41) is 0.583. The first kappa shape index (κ1) is 9.65. The molecule has 0 aliphatic rings. The summed E-state index contributed by atoms with van der Waals surface area (Å²) in [5.74, 6) is 0. The lowest BCUT2D eigenvalue weighted by Gasteiger charge is -1.96. The molecule has 3 nitrogen and oxygen atoms in total. The van der Waals surface area contributed by atoms with Gasteiger partial charge in [-0.3, -0.25) is 9.59 Å². The predicted octanol–water partition coefficient (Wildman–Crippen LogP) is 1.21. The average Bonchev–Trinajstić information content (AvgIpc) is 2.33. The highest BCUT2D eigenvalue weighted by molar-refractivity contribution is 5.78. The molecule has 76 valence electrons. The number of para-hydroxylation sites is 1. The van der Waals surface area contributed by atoms with Gasteiger partial charge in [0.1, 0.15) is 0 Å². The van der Waals surface area contributed by atoms with Gasteiger partial charge in [-0.25, -0.2) is 0 Å². The molecular weight excluding hydrogens is 190 g/mol. The normalized spacial score (nSPS) is 10.5. The van der Waals surface area contributed by atoms with Crippen LogP contribution in [0.3, 0.4) is 0 Å². The topological polar surface area (TPSA) is 39.1 Å². The second-order valence-corrected chi connectivity index (χ2v) is 3.57. The van der Waals surface area contributed by atoms with Crippen LogP contribution in [0.5, 0.6) is 0 Å². The molecule has 0 atom stereocenters. The number of fused-ring (bicyclic) bond motifs is 1. The first-order valence-electron chi connectivity index (χ1n) is 4.71. The maximum Gasteiger partial charge on any atom is 0.251 e. The highest BCUT2D eigenvalue weighted by atomic mass is 16.1. The highest BCUT2D eigenvalue weighted by Gasteiger charge is 2.02. The molecule has 0 N–H and O–H groups in total. The molecule has 2 aromatic rings. The molecule has 15 heavy (non-hydrogen) atoms. The van der Waals surface area contributed by atoms with Gasteiger partial charge in [0, 0.05) is 24.1 Å². The first-order chi connectivity index (χ1) is 7.11. The Morgan fingerprint density at radius 2 is 1.80 bits per heavy atom. The molecule has 0 aliphatic carbocycles. The minimum absolute atomic E-state index is 0.0803. The number of aromatic nitrogens is 1. The monoisotopic (exact) mass is 201 g/mol. The Morgan fingerprint density at radius 3 is 2.53 bits per heavy atom. The summed E-state index contributed by atoms with van der Waals surface area (Å²) in [6, 6.07) is 8.51. The van der Waals surface area contributed by atoms with E-state index in [-0.39, 0.29) is 11.0 Å². The SMILES string of the molecule is Cc1cc(=O)n(C)c2ccccc2c1=O. The maximum atomic E-state index is 11.9. The van der Waals surface area contributed by atoms with Crippen LogP contribution in [0.2, 0.25) is 0 Å². The lowest BCUT2D eigenvalue weighted by Crippen LogP contribution is -2.12. The van der Waals surface area contributed by atoms with Crippen LogP contribution in [0, 0.1) is 6.92 Å². The van der Waals surface area contributed by atoms with Crippen LogP contribution in [-0.4, -0.2) is 4.57 Å². The first-order valence-corrected chi connectivity index (χ1v) is 4.71. The zero-order chi connectivity index (χ0) is 11.0. The summed E-state index contributed by atoms with van der Waals surface area (Å²) >= 11 is 0. The van der Waals surface area contributed by atoms with Crippen LogP contribution in [0.1, 0.15) is 5.56 Å². The molecule has 0 saturated carbocycles. The quantitative estimate of drug-likeness (QED) is 0.642. The van der Waals surface area contributed by atoms with Gasteiger partial charge in [-0.1, -0.05) is 12.1 Å². The lowest BCUT2D eigenvalue weighted by atomic mass is 10.2. The number of hydrogen-bond donors (Lipinski definition) is 0. The van der Waals surface area contributed by atoms with E-state index in [1.54, 1.807) is 32.2 Å². The van der Waals surface area contributed by atoms with Gasteiger partial charge in [-0.15, -0.1) is 0 Å². The Balaban J connectivity index is 3.23. The molecule has 1 aromatic carbocycles. The Labute approximate surface area is 86.6 Å². The van der Waals surface area contributed by atoms with Crippen molar-refractivity contribution in [2.75, 3.05) is 0 Å². The predicted molar refractivity (Wildman–Crippen MR) is 60.2 cm³/mol. The zero-order valence-electron chi connectivity index (χ0n) is 8.65. The van der Waals surface area contributed by atoms with Crippen molar-refractivity contribution in [3.8, 4) is 0 Å². The van der Waals surface area contributed by atoms with Crippen molar-refractivity contribution in [2.45, 2.75) is 6.92 Å². The average molecular weight is 201 g/mol. The van der Waals surface area contributed by atoms with Crippen LogP contribution in [0.25, 0.3) is 10.9 Å². The minimum atomic E-state index is -0.161. The Kier molecular flexibility index (Phi) is 2.15. The molecule has 0 bridgehead atoms. The molecule has 0 saturated heterocycles. The van der Waals surface area contributed by atoms with E-state index in [0.29, 0.717) is 16.5 Å². The third kappa shape index (κ3) is 1.46. The smallest absolute Gasteiger partial charge is 0.251 e. The fourth-order valence-electron chi connectivity index (χ4n) is 1.64. The summed E-state index contributed by atoms with van der Waals surface area (Å²) in [5.41, 5.74) is 0.909. The van der Waals surface area contributed by atoms with Crippen LogP contribution >= 0.6 is 0 Å². The van der Waals surface area contributed by atoms with E-state index in [0.717, 1.165) is 0 Å². The summed E-state index contributed by atoms with van der Waals surface area (Å²) in [7, 11) is 1.67. The van der Waals surface area contributed by atoms with Crippen LogP contribution in [0.15, 0.2) is 39.9 Å². The van der Waals surface area contributed by atoms with E-state index >= 15 is 0 Å². The van der Waals surface area contributed by atoms with Gasteiger partial charge in [0.15, 0.2) is 5.43 Å². The molecule has 0 spiro atoms. The van der Waals surface area contributed by atoms with Crippen molar-refractivity contribution >= 4 is 10.9 Å². The van der Waals surface area contributed by atoms with Gasteiger partial charge in [0.05, 0.1) is 5.52 Å². The molecule has 0 amide bonds. The number of aryl methyl sites for hydroxylation is 2. The summed E-state index contributed by atoms with van der Waals surface area (Å²) < 4.78 is 1.49. The van der Waals surface area contributed by atoms with Crippen molar-refractivity contribution in [1.82, 2.24) is 4.57 Å². The summed E-state index contributed by atoms with van der Waals surface area (Å²) in [4.78, 5) is 23.5. The molecule has 1 heterocycles. The fourth-order valence-corrected chi connectivity index (χ4v) is 1.64. The van der Waals surface area contributed by atoms with Crippen molar-refractivity contribution in [3.05, 3.63) is 56.5 Å². The molecule has 1 aromatic heterocycles. The Bertz CT molecular complexity index is 641. The van der Waals surface area contributed by atoms with Crippen LogP contribution in [-0.2, 0) is 7.05 Å². The number of rotatable bonds is 0. The highest BCUT2D eigenvalue weighted by Crippen LogP contribution is 2.05. The van der Waals surface area contributed by atoms with Gasteiger partial charge < -0.3 is 4.57 Å². The van der Waals surface area contributed by atoms with E-state index in [2.05, 4.69) is 0 Å². The molecule has 0 unspecified atom stereocenters. The standard InChI is InChI=1S/C12H11NO2/c1-8-7-11(14)13(2)10-6-4-3-5-9(10)12(8)15/h3-7H,1-2H3. The third-order valence-electron chi connectivity index (χ3n) is 2.54. The third-order valence-corrected chi connectivity index (χ3v) is 2.54. The molecule has 2 rings (SSSR count). The van der Waals surface area contributed by atoms with E-state index in [4.69, 9.17) is 0 Å². The molecule has 0 aliphatic heterocycles. The van der Waals surface area contributed by atoms with Crippen LogP contribution < -0.4 is 11.0 Å². The molecule has 0 radical (unpaired) electrons. The van der Waals surface area contributed by atoms with E-state index < -0.39 is 0 Å². The molecule has 3 heteroatoms. The van der Waals surface area contributed by atoms with Gasteiger partial charge in [0.25, 0.3) is 5.56 Å². The number of hydrogen-bond acceptors (Lipinski definition) is 2. The second-order valence-electron chi connectivity index (χ2n) is 3.57. The van der Waals surface area contributed by atoms with Crippen molar-refractivity contribution in [1.29, 1.82) is 0 Å². The van der Waals surface area contributed by atoms with E-state index in [1.165, 1.54) is 10.6 Å². The molecule has 0 fully saturated rings. The number of benzene rings is 1. The largest absolute Gasteiger partial charge is 0.311 e. The van der Waals surface area contributed by atoms with Crippen molar-refractivity contribution < 1.29 is 0 Å². The molecular formula is C12H11NO2. The van der Waals surface area contributed by atoms with E-state index in [1.807, 2.05) is 6.07 Å². The van der Waals surface area contributed by atoms with E-state index in [9.17, 15) is 9.59 Å². The van der Waals surface area contributed by atoms with Gasteiger partial charge in [-0.2, -0.15) is 0 Å². The zero-order valence-corrected chi connectivity index (χ0v) is 8.65. The van der Waals surface area contributed by atoms with Crippen LogP contribution in [0.4, 0.5) is 0 Å². The van der Waals surface area contributed by atoms with Gasteiger partial charge in [0.2, 0.25) is 0 Å². The fraction of sp³-hybridized carbons (Fsp3) is 0.167. The lowest BCUT2D eigenvalue weighted by molar-refractivity contribution is 0.911. The van der Waals surface area contributed by atoms with Gasteiger partial charge >= 0.3 is 0 Å². The van der Waals surface area contributed by atoms with Crippen molar-refractivity contribution in [3.63, 3.8) is 0 Å². The van der Waals surface area contributed by atoms with Crippen molar-refractivity contribution in [2.24, 2.45) is 7.05 Å². The number of nitrogens with zero attached hydrogens (tertiary/aromatic N) is 1. The summed E-state index contributed by atoms with van der Waals surface area (Å²) in [6.45, 7) is 1.66. The Hall–Kier alpha value is -1.90. The Morgan fingerprint density at radius 1 is 1.13 bits per heavy atom.